The summed E-state index contributed by atoms with van der Waals surface area (Å²) < 4.78 is 2.10. The molecule has 4 aromatic rings. The molecular formula is C29H30N4O2. The quantitative estimate of drug-likeness (QED) is 0.339. The lowest BCUT2D eigenvalue weighted by Gasteiger charge is -2.31. The number of rotatable bonds is 6. The predicted molar refractivity (Wildman–Crippen MR) is 142 cm³/mol. The number of piperidine rings is 1. The molecular weight excluding hydrogens is 436 g/mol. The number of carbonyl (C=O) groups excluding carboxylic acids is 1. The number of aromatic nitrogens is 1. The van der Waals surface area contributed by atoms with Gasteiger partial charge in [-0.15, -0.1) is 0 Å². The Balaban J connectivity index is 1.16. The van der Waals surface area contributed by atoms with Gasteiger partial charge in [0.1, 0.15) is 0 Å². The molecule has 2 heterocycles. The van der Waals surface area contributed by atoms with Crippen LogP contribution in [0.3, 0.4) is 0 Å². The highest BCUT2D eigenvalue weighted by Crippen LogP contribution is 2.23. The van der Waals surface area contributed by atoms with Crippen molar-refractivity contribution in [3.05, 3.63) is 102 Å². The SMILES string of the molecule is Cc1ccn(-c2ccc(Nc3ccc(NC(=O)c4ccc(N5CCC(O)CC5)cc4)cc3)cc2)c1. The summed E-state index contributed by atoms with van der Waals surface area (Å²) in [5, 5.41) is 16.1. The first-order valence-electron chi connectivity index (χ1n) is 12.0. The lowest BCUT2D eigenvalue weighted by atomic mass is 10.1. The summed E-state index contributed by atoms with van der Waals surface area (Å²) in [5.41, 5.74) is 6.74. The minimum atomic E-state index is -0.196. The van der Waals surface area contributed by atoms with Gasteiger partial charge in [0, 0.05) is 59.5 Å². The molecule has 0 saturated carbocycles. The zero-order valence-corrected chi connectivity index (χ0v) is 19.8. The molecule has 0 unspecified atom stereocenters. The van der Waals surface area contributed by atoms with Crippen molar-refractivity contribution in [2.24, 2.45) is 0 Å². The van der Waals surface area contributed by atoms with Gasteiger partial charge in [-0.3, -0.25) is 4.79 Å². The summed E-state index contributed by atoms with van der Waals surface area (Å²) in [6, 6.07) is 25.7. The van der Waals surface area contributed by atoms with Gasteiger partial charge in [-0.2, -0.15) is 0 Å². The molecule has 35 heavy (non-hydrogen) atoms. The Labute approximate surface area is 205 Å². The zero-order chi connectivity index (χ0) is 24.2. The summed E-state index contributed by atoms with van der Waals surface area (Å²) in [5.74, 6) is -0.137. The molecule has 1 aliphatic rings. The molecule has 178 valence electrons. The van der Waals surface area contributed by atoms with E-state index in [4.69, 9.17) is 0 Å². The van der Waals surface area contributed by atoms with Crippen LogP contribution in [-0.4, -0.2) is 34.8 Å². The van der Waals surface area contributed by atoms with Gasteiger partial charge in [-0.25, -0.2) is 0 Å². The van der Waals surface area contributed by atoms with Gasteiger partial charge < -0.3 is 25.2 Å². The molecule has 0 spiro atoms. The number of benzene rings is 3. The fourth-order valence-electron chi connectivity index (χ4n) is 4.34. The molecule has 6 nitrogen and oxygen atoms in total. The number of carbonyl (C=O) groups is 1. The summed E-state index contributed by atoms with van der Waals surface area (Å²) in [4.78, 5) is 14.9. The first kappa shape index (κ1) is 22.7. The van der Waals surface area contributed by atoms with E-state index in [0.29, 0.717) is 5.56 Å². The van der Waals surface area contributed by atoms with Crippen molar-refractivity contribution in [2.45, 2.75) is 25.9 Å². The molecule has 0 atom stereocenters. The molecule has 0 radical (unpaired) electrons. The van der Waals surface area contributed by atoms with Crippen LogP contribution in [-0.2, 0) is 0 Å². The van der Waals surface area contributed by atoms with Crippen LogP contribution < -0.4 is 15.5 Å². The summed E-state index contributed by atoms with van der Waals surface area (Å²) in [7, 11) is 0. The average Bonchev–Trinajstić information content (AvgIpc) is 3.32. The van der Waals surface area contributed by atoms with Gasteiger partial charge in [0.2, 0.25) is 0 Å². The smallest absolute Gasteiger partial charge is 0.255 e. The fraction of sp³-hybridized carbons (Fsp3) is 0.207. The van der Waals surface area contributed by atoms with Gasteiger partial charge >= 0.3 is 0 Å². The molecule has 1 amide bonds. The number of nitrogens with zero attached hydrogens (tertiary/aromatic N) is 2. The molecule has 3 N–H and O–H groups in total. The van der Waals surface area contributed by atoms with Gasteiger partial charge in [-0.05, 0) is 104 Å². The Morgan fingerprint density at radius 1 is 0.800 bits per heavy atom. The van der Waals surface area contributed by atoms with Crippen molar-refractivity contribution in [3.8, 4) is 5.69 Å². The number of anilines is 4. The highest BCUT2D eigenvalue weighted by molar-refractivity contribution is 6.04. The molecule has 5 rings (SSSR count). The van der Waals surface area contributed by atoms with E-state index in [1.807, 2.05) is 48.5 Å². The molecule has 0 aliphatic carbocycles. The molecule has 1 saturated heterocycles. The normalized spacial score (nSPS) is 14.1. The van der Waals surface area contributed by atoms with E-state index in [0.717, 1.165) is 54.4 Å². The minimum Gasteiger partial charge on any atom is -0.393 e. The van der Waals surface area contributed by atoms with E-state index in [2.05, 4.69) is 69.7 Å². The Kier molecular flexibility index (Phi) is 6.55. The second-order valence-electron chi connectivity index (χ2n) is 9.06. The van der Waals surface area contributed by atoms with E-state index >= 15 is 0 Å². The summed E-state index contributed by atoms with van der Waals surface area (Å²) in [6.45, 7) is 3.76. The third-order valence-corrected chi connectivity index (χ3v) is 6.40. The lowest BCUT2D eigenvalue weighted by molar-refractivity contribution is 0.102. The van der Waals surface area contributed by atoms with Crippen molar-refractivity contribution in [2.75, 3.05) is 28.6 Å². The Morgan fingerprint density at radius 3 is 1.97 bits per heavy atom. The van der Waals surface area contributed by atoms with Crippen LogP contribution >= 0.6 is 0 Å². The van der Waals surface area contributed by atoms with Crippen molar-refractivity contribution in [1.82, 2.24) is 4.57 Å². The van der Waals surface area contributed by atoms with E-state index in [-0.39, 0.29) is 12.0 Å². The van der Waals surface area contributed by atoms with Gasteiger partial charge in [0.05, 0.1) is 6.10 Å². The highest BCUT2D eigenvalue weighted by atomic mass is 16.3. The van der Waals surface area contributed by atoms with Gasteiger partial charge in [0.25, 0.3) is 5.91 Å². The van der Waals surface area contributed by atoms with E-state index in [1.165, 1.54) is 5.56 Å². The first-order chi connectivity index (χ1) is 17.0. The van der Waals surface area contributed by atoms with Gasteiger partial charge in [-0.1, -0.05) is 0 Å². The van der Waals surface area contributed by atoms with Crippen LogP contribution in [0.2, 0.25) is 0 Å². The van der Waals surface area contributed by atoms with E-state index < -0.39 is 0 Å². The third-order valence-electron chi connectivity index (χ3n) is 6.40. The van der Waals surface area contributed by atoms with Crippen molar-refractivity contribution in [3.63, 3.8) is 0 Å². The van der Waals surface area contributed by atoms with Gasteiger partial charge in [0.15, 0.2) is 0 Å². The third kappa shape index (κ3) is 5.55. The number of aliphatic hydroxyl groups is 1. The number of amides is 1. The monoisotopic (exact) mass is 466 g/mol. The second kappa shape index (κ2) is 10.1. The van der Waals surface area contributed by atoms with Crippen molar-refractivity contribution < 1.29 is 9.90 Å². The summed E-state index contributed by atoms with van der Waals surface area (Å²) in [6.07, 6.45) is 5.53. The van der Waals surface area contributed by atoms with Crippen LogP contribution in [0.15, 0.2) is 91.3 Å². The maximum atomic E-state index is 12.7. The molecule has 1 aromatic heterocycles. The maximum Gasteiger partial charge on any atom is 0.255 e. The zero-order valence-electron chi connectivity index (χ0n) is 19.8. The first-order valence-corrected chi connectivity index (χ1v) is 12.0. The Morgan fingerprint density at radius 2 is 1.37 bits per heavy atom. The fourth-order valence-corrected chi connectivity index (χ4v) is 4.34. The summed E-state index contributed by atoms with van der Waals surface area (Å²) >= 11 is 0. The number of aliphatic hydroxyl groups excluding tert-OH is 1. The molecule has 1 aliphatic heterocycles. The van der Waals surface area contributed by atoms with Crippen LogP contribution in [0.1, 0.15) is 28.8 Å². The van der Waals surface area contributed by atoms with Crippen LogP contribution in [0, 0.1) is 6.92 Å². The van der Waals surface area contributed by atoms with E-state index in [9.17, 15) is 9.90 Å². The second-order valence-corrected chi connectivity index (χ2v) is 9.06. The van der Waals surface area contributed by atoms with Crippen LogP contribution in [0.5, 0.6) is 0 Å². The standard InChI is InChI=1S/C29H30N4O2/c1-21-14-17-33(20-21)27-12-8-24(9-13-27)30-23-4-6-25(7-5-23)31-29(35)22-2-10-26(11-3-22)32-18-15-28(34)16-19-32/h2-14,17,20,28,30,34H,15-16,18-19H2,1H3,(H,31,35). The Bertz CT molecular complexity index is 1270. The number of nitrogens with one attached hydrogen (secondary N) is 2. The molecule has 6 heteroatoms. The molecule has 1 fully saturated rings. The van der Waals surface area contributed by atoms with Crippen molar-refractivity contribution >= 4 is 28.7 Å². The van der Waals surface area contributed by atoms with Crippen LogP contribution in [0.4, 0.5) is 22.7 Å². The van der Waals surface area contributed by atoms with Crippen molar-refractivity contribution in [1.29, 1.82) is 0 Å². The molecule has 3 aromatic carbocycles. The highest BCUT2D eigenvalue weighted by Gasteiger charge is 2.17. The lowest BCUT2D eigenvalue weighted by Crippen LogP contribution is -2.35. The predicted octanol–water partition coefficient (Wildman–Crippen LogP) is 5.74. The minimum absolute atomic E-state index is 0.137. The largest absolute Gasteiger partial charge is 0.393 e. The molecule has 0 bridgehead atoms. The Hall–Kier alpha value is -4.03. The van der Waals surface area contributed by atoms with Crippen LogP contribution in [0.25, 0.3) is 5.69 Å². The number of hydrogen-bond donors (Lipinski definition) is 3. The number of aryl methyl sites for hydroxylation is 1. The maximum absolute atomic E-state index is 12.7. The van der Waals surface area contributed by atoms with E-state index in [1.54, 1.807) is 0 Å². The number of hydrogen-bond acceptors (Lipinski definition) is 4. The topological polar surface area (TPSA) is 69.5 Å². The average molecular weight is 467 g/mol.